The fourth-order valence-electron chi connectivity index (χ4n) is 4.80. The van der Waals surface area contributed by atoms with Gasteiger partial charge in [0.1, 0.15) is 17.7 Å². The van der Waals surface area contributed by atoms with E-state index in [-0.39, 0.29) is 0 Å². The summed E-state index contributed by atoms with van der Waals surface area (Å²) in [6.45, 7) is 12.7. The molecule has 0 heterocycles. The van der Waals surface area contributed by atoms with Gasteiger partial charge in [0.25, 0.3) is 5.91 Å². The van der Waals surface area contributed by atoms with Crippen LogP contribution in [-0.4, -0.2) is 45.9 Å². The number of nitrogens with zero attached hydrogens (tertiary/aromatic N) is 1. The van der Waals surface area contributed by atoms with Crippen LogP contribution in [0.1, 0.15) is 78.5 Å². The van der Waals surface area contributed by atoms with Gasteiger partial charge in [-0.1, -0.05) is 68.4 Å². The number of alkyl carbamates (subject to hydrolysis) is 1. The Balaban J connectivity index is 2.11. The van der Waals surface area contributed by atoms with Crippen LogP contribution >= 0.6 is 0 Å². The van der Waals surface area contributed by atoms with E-state index in [1.807, 2.05) is 94.4 Å². The van der Waals surface area contributed by atoms with E-state index >= 15 is 0 Å². The fraction of sp³-hybridized carbons (Fsp3) is 0.412. The average molecular weight is 589 g/mol. The highest BCUT2D eigenvalue weighted by Crippen LogP contribution is 2.34. The number of nitrogens with two attached hydrogens (primary N) is 1. The zero-order chi connectivity index (χ0) is 31.9. The topological polar surface area (TPSA) is 131 Å². The van der Waals surface area contributed by atoms with Gasteiger partial charge in [-0.05, 0) is 81.5 Å². The lowest BCUT2D eigenvalue weighted by Gasteiger charge is -2.44. The third-order valence-corrected chi connectivity index (χ3v) is 7.38. The van der Waals surface area contributed by atoms with E-state index in [1.54, 1.807) is 20.8 Å². The van der Waals surface area contributed by atoms with Crippen LogP contribution in [0.2, 0.25) is 0 Å². The number of primary amides is 1. The van der Waals surface area contributed by atoms with Gasteiger partial charge in [0.15, 0.2) is 0 Å². The predicted molar refractivity (Wildman–Crippen MR) is 169 cm³/mol. The minimum Gasteiger partial charge on any atom is -0.444 e. The minimum absolute atomic E-state index is 0.440. The van der Waals surface area contributed by atoms with Crippen molar-refractivity contribution < 1.29 is 23.9 Å². The number of hydrogen-bond donors (Lipinski definition) is 3. The Morgan fingerprint density at radius 3 is 2.07 bits per heavy atom. The Labute approximate surface area is 254 Å². The molecule has 0 aliphatic heterocycles. The Morgan fingerprint density at radius 2 is 1.51 bits per heavy atom. The number of anilines is 1. The van der Waals surface area contributed by atoms with Crippen LogP contribution in [0.3, 0.4) is 0 Å². The maximum atomic E-state index is 14.4. The first-order chi connectivity index (χ1) is 20.1. The van der Waals surface area contributed by atoms with Gasteiger partial charge < -0.3 is 26.0 Å². The number of rotatable bonds is 11. The van der Waals surface area contributed by atoms with Crippen LogP contribution in [-0.2, 0) is 25.5 Å². The zero-order valence-corrected chi connectivity index (χ0v) is 26.2. The normalized spacial score (nSPS) is 13.1. The standard InChI is InChI=1S/C34H44N4O5/c1-8-22-14-16-24(17-15-22)29(30(40)36-26-19-18-23-12-10-11-13-25(23)20-26)38(34(6,7)9-2)31(41)27(21-28(35)39)37-32(42)43-33(3,4)5/h10-20,27,29H,8-9,21H2,1-7H3,(H2,35,39)(H,36,40)(H,37,42). The molecule has 0 fully saturated rings. The summed E-state index contributed by atoms with van der Waals surface area (Å²) in [6.07, 6.45) is -0.0628. The predicted octanol–water partition coefficient (Wildman–Crippen LogP) is 5.87. The lowest BCUT2D eigenvalue weighted by molar-refractivity contribution is -0.148. The molecule has 0 radical (unpaired) electrons. The Morgan fingerprint density at radius 1 is 0.884 bits per heavy atom. The lowest BCUT2D eigenvalue weighted by atomic mass is 9.91. The van der Waals surface area contributed by atoms with Crippen LogP contribution in [0.4, 0.5) is 10.5 Å². The molecule has 3 aromatic rings. The molecule has 3 rings (SSSR count). The number of ether oxygens (including phenoxy) is 1. The van der Waals surface area contributed by atoms with Gasteiger partial charge in [0, 0.05) is 11.2 Å². The van der Waals surface area contributed by atoms with Crippen molar-refractivity contribution in [2.45, 2.75) is 91.0 Å². The van der Waals surface area contributed by atoms with Crippen LogP contribution in [0.5, 0.6) is 0 Å². The summed E-state index contributed by atoms with van der Waals surface area (Å²) in [5.74, 6) is -1.85. The largest absolute Gasteiger partial charge is 0.444 e. The Kier molecular flexibility index (Phi) is 10.6. The number of carbonyl (C=O) groups is 4. The van der Waals surface area contributed by atoms with Crippen LogP contribution in [0.25, 0.3) is 10.8 Å². The third-order valence-electron chi connectivity index (χ3n) is 7.38. The van der Waals surface area contributed by atoms with Crippen molar-refractivity contribution >= 4 is 40.3 Å². The van der Waals surface area contributed by atoms with Gasteiger partial charge in [-0.25, -0.2) is 4.79 Å². The van der Waals surface area contributed by atoms with E-state index in [1.165, 1.54) is 4.90 Å². The highest BCUT2D eigenvalue weighted by atomic mass is 16.6. The summed E-state index contributed by atoms with van der Waals surface area (Å²) in [7, 11) is 0. The molecule has 230 valence electrons. The summed E-state index contributed by atoms with van der Waals surface area (Å²) < 4.78 is 5.37. The van der Waals surface area contributed by atoms with Crippen molar-refractivity contribution in [2.75, 3.05) is 5.32 Å². The molecule has 4 N–H and O–H groups in total. The molecule has 2 unspecified atom stereocenters. The molecule has 3 aromatic carbocycles. The first kappa shape index (κ1) is 33.1. The number of hydrogen-bond acceptors (Lipinski definition) is 5. The second kappa shape index (κ2) is 13.7. The van der Waals surface area contributed by atoms with Crippen molar-refractivity contribution in [1.29, 1.82) is 0 Å². The van der Waals surface area contributed by atoms with E-state index in [0.29, 0.717) is 17.7 Å². The smallest absolute Gasteiger partial charge is 0.408 e. The zero-order valence-electron chi connectivity index (χ0n) is 26.2. The molecule has 0 saturated heterocycles. The Hall–Kier alpha value is -4.40. The van der Waals surface area contributed by atoms with Crippen LogP contribution < -0.4 is 16.4 Å². The van der Waals surface area contributed by atoms with Gasteiger partial charge in [-0.15, -0.1) is 0 Å². The molecule has 0 aliphatic carbocycles. The number of benzene rings is 3. The third kappa shape index (κ3) is 8.80. The van der Waals surface area contributed by atoms with E-state index in [4.69, 9.17) is 10.5 Å². The SMILES string of the molecule is CCc1ccc(C(C(=O)Nc2ccc3ccccc3c2)N(C(=O)C(CC(N)=O)NC(=O)OC(C)(C)C)C(C)(C)CC)cc1. The molecule has 9 heteroatoms. The molecular weight excluding hydrogens is 544 g/mol. The molecule has 0 bridgehead atoms. The second-order valence-electron chi connectivity index (χ2n) is 12.3. The molecule has 0 aromatic heterocycles. The van der Waals surface area contributed by atoms with Gasteiger partial charge in [0.05, 0.1) is 6.42 Å². The summed E-state index contributed by atoms with van der Waals surface area (Å²) in [5.41, 5.74) is 6.03. The first-order valence-electron chi connectivity index (χ1n) is 14.6. The summed E-state index contributed by atoms with van der Waals surface area (Å²) in [5, 5.41) is 7.52. The monoisotopic (exact) mass is 588 g/mol. The quantitative estimate of drug-likeness (QED) is 0.258. The number of amides is 4. The highest BCUT2D eigenvalue weighted by Gasteiger charge is 2.43. The summed E-state index contributed by atoms with van der Waals surface area (Å²) in [6, 6.07) is 18.5. The summed E-state index contributed by atoms with van der Waals surface area (Å²) in [4.78, 5) is 55.0. The van der Waals surface area contributed by atoms with Crippen molar-refractivity contribution in [2.24, 2.45) is 5.73 Å². The average Bonchev–Trinajstić information content (AvgIpc) is 2.93. The van der Waals surface area contributed by atoms with Crippen molar-refractivity contribution in [3.05, 3.63) is 77.9 Å². The van der Waals surface area contributed by atoms with E-state index < -0.39 is 53.5 Å². The molecule has 4 amide bonds. The van der Waals surface area contributed by atoms with E-state index in [0.717, 1.165) is 22.8 Å². The first-order valence-corrected chi connectivity index (χ1v) is 14.6. The van der Waals surface area contributed by atoms with Crippen LogP contribution in [0, 0.1) is 0 Å². The van der Waals surface area contributed by atoms with Gasteiger partial charge in [0.2, 0.25) is 11.8 Å². The number of fused-ring (bicyclic) bond motifs is 1. The molecule has 0 aliphatic rings. The van der Waals surface area contributed by atoms with Gasteiger partial charge in [-0.3, -0.25) is 14.4 Å². The molecule has 9 nitrogen and oxygen atoms in total. The van der Waals surface area contributed by atoms with Gasteiger partial charge in [-0.2, -0.15) is 0 Å². The maximum Gasteiger partial charge on any atom is 0.408 e. The van der Waals surface area contributed by atoms with Gasteiger partial charge >= 0.3 is 6.09 Å². The highest BCUT2D eigenvalue weighted by molar-refractivity contribution is 6.01. The van der Waals surface area contributed by atoms with E-state index in [9.17, 15) is 19.2 Å². The summed E-state index contributed by atoms with van der Waals surface area (Å²) >= 11 is 0. The van der Waals surface area contributed by atoms with Crippen molar-refractivity contribution in [1.82, 2.24) is 10.2 Å². The number of carbonyl (C=O) groups excluding carboxylic acids is 4. The Bertz CT molecular complexity index is 1460. The molecule has 2 atom stereocenters. The maximum absolute atomic E-state index is 14.4. The fourth-order valence-corrected chi connectivity index (χ4v) is 4.80. The second-order valence-corrected chi connectivity index (χ2v) is 12.3. The lowest BCUT2D eigenvalue weighted by Crippen LogP contribution is -2.59. The minimum atomic E-state index is -1.36. The van der Waals surface area contributed by atoms with Crippen LogP contribution in [0.15, 0.2) is 66.7 Å². The molecule has 43 heavy (non-hydrogen) atoms. The van der Waals surface area contributed by atoms with Crippen molar-refractivity contribution in [3.8, 4) is 0 Å². The van der Waals surface area contributed by atoms with E-state index in [2.05, 4.69) is 10.6 Å². The molecular formula is C34H44N4O5. The van der Waals surface area contributed by atoms with Crippen molar-refractivity contribution in [3.63, 3.8) is 0 Å². The number of nitrogens with one attached hydrogen (secondary N) is 2. The molecule has 0 spiro atoms. The number of aryl methyl sites for hydroxylation is 1. The molecule has 0 saturated carbocycles.